The minimum Gasteiger partial charge on any atom is -0.478 e. The second kappa shape index (κ2) is 10.1. The van der Waals surface area contributed by atoms with Crippen LogP contribution in [-0.2, 0) is 0 Å². The molecule has 8 heteroatoms. The lowest BCUT2D eigenvalue weighted by atomic mass is 10.0. The maximum atomic E-state index is 12.7. The Bertz CT molecular complexity index is 1240. The number of nitrogens with one attached hydrogen (secondary N) is 2. The number of carbonyl (C=O) groups is 4. The fraction of sp³-hybridized carbons (Fsp3) is 0. The zero-order chi connectivity index (χ0) is 24.8. The summed E-state index contributed by atoms with van der Waals surface area (Å²) in [4.78, 5) is 48.6. The molecule has 3 aromatic rings. The number of amides is 2. The van der Waals surface area contributed by atoms with Gasteiger partial charge in [0.15, 0.2) is 0 Å². The van der Waals surface area contributed by atoms with Crippen LogP contribution in [0.2, 0.25) is 0 Å². The van der Waals surface area contributed by atoms with E-state index in [0.717, 1.165) is 0 Å². The lowest BCUT2D eigenvalue weighted by molar-refractivity contribution is 0.0683. The number of anilines is 2. The van der Waals surface area contributed by atoms with Crippen LogP contribution in [0.4, 0.5) is 11.4 Å². The van der Waals surface area contributed by atoms with Crippen molar-refractivity contribution in [1.29, 1.82) is 0 Å². The highest BCUT2D eigenvalue weighted by atomic mass is 16.4. The molecular weight excluding hydrogens is 436 g/mol. The van der Waals surface area contributed by atoms with Gasteiger partial charge in [-0.2, -0.15) is 0 Å². The molecule has 0 spiro atoms. The summed E-state index contributed by atoms with van der Waals surface area (Å²) in [6.07, 6.45) is 2.95. The number of carboxylic acids is 2. The summed E-state index contributed by atoms with van der Waals surface area (Å²) < 4.78 is 0. The normalized spacial score (nSPS) is 10.1. The molecule has 0 aliphatic heterocycles. The SMILES string of the molecule is C=Cc1ccc(C(=O)Nc2cccc(NC(=O)c3ccc(C=C)cc3C(=O)O)c2)c(C(=O)O)c1. The van der Waals surface area contributed by atoms with Gasteiger partial charge in [0, 0.05) is 11.4 Å². The lowest BCUT2D eigenvalue weighted by Crippen LogP contribution is -2.18. The highest BCUT2D eigenvalue weighted by molar-refractivity contribution is 6.12. The van der Waals surface area contributed by atoms with Gasteiger partial charge in [-0.25, -0.2) is 9.59 Å². The topological polar surface area (TPSA) is 133 Å². The van der Waals surface area contributed by atoms with Crippen molar-refractivity contribution < 1.29 is 29.4 Å². The van der Waals surface area contributed by atoms with Crippen molar-refractivity contribution in [2.24, 2.45) is 0 Å². The summed E-state index contributed by atoms with van der Waals surface area (Å²) in [6.45, 7) is 7.18. The van der Waals surface area contributed by atoms with Crippen LogP contribution in [0.15, 0.2) is 73.8 Å². The van der Waals surface area contributed by atoms with E-state index in [2.05, 4.69) is 23.8 Å². The summed E-state index contributed by atoms with van der Waals surface area (Å²) >= 11 is 0. The van der Waals surface area contributed by atoms with Gasteiger partial charge in [0.05, 0.1) is 22.3 Å². The van der Waals surface area contributed by atoms with E-state index >= 15 is 0 Å². The zero-order valence-electron chi connectivity index (χ0n) is 17.9. The van der Waals surface area contributed by atoms with E-state index < -0.39 is 23.8 Å². The molecule has 0 unspecified atom stereocenters. The molecule has 0 fully saturated rings. The van der Waals surface area contributed by atoms with Gasteiger partial charge in [-0.15, -0.1) is 0 Å². The summed E-state index contributed by atoms with van der Waals surface area (Å²) in [6, 6.07) is 14.8. The van der Waals surface area contributed by atoms with Crippen LogP contribution in [0, 0.1) is 0 Å². The molecule has 170 valence electrons. The van der Waals surface area contributed by atoms with Gasteiger partial charge in [-0.05, 0) is 53.6 Å². The largest absolute Gasteiger partial charge is 0.478 e. The number of hydrogen-bond acceptors (Lipinski definition) is 4. The van der Waals surface area contributed by atoms with Crippen molar-refractivity contribution in [2.75, 3.05) is 10.6 Å². The Kier molecular flexibility index (Phi) is 7.03. The molecule has 4 N–H and O–H groups in total. The standard InChI is InChI=1S/C26H20N2O6/c1-3-15-8-10-19(21(12-15)25(31)32)23(29)27-17-6-5-7-18(14-17)28-24(30)20-11-9-16(4-2)13-22(20)26(33)34/h3-14H,1-2H2,(H,27,29)(H,28,30)(H,31,32)(H,33,34). The molecule has 0 aliphatic carbocycles. The quantitative estimate of drug-likeness (QED) is 0.382. The molecule has 0 bridgehead atoms. The average molecular weight is 456 g/mol. The number of carbonyl (C=O) groups excluding carboxylic acids is 2. The molecule has 3 aromatic carbocycles. The summed E-state index contributed by atoms with van der Waals surface area (Å²) in [5, 5.41) is 24.1. The first-order valence-corrected chi connectivity index (χ1v) is 9.95. The second-order valence-corrected chi connectivity index (χ2v) is 7.12. The van der Waals surface area contributed by atoms with E-state index in [9.17, 15) is 29.4 Å². The van der Waals surface area contributed by atoms with E-state index in [-0.39, 0.29) is 22.3 Å². The fourth-order valence-electron chi connectivity index (χ4n) is 3.20. The lowest BCUT2D eigenvalue weighted by Gasteiger charge is -2.12. The number of aromatic carboxylic acids is 2. The molecule has 3 rings (SSSR count). The maximum absolute atomic E-state index is 12.7. The summed E-state index contributed by atoms with van der Waals surface area (Å²) in [7, 11) is 0. The molecular formula is C26H20N2O6. The Labute approximate surface area is 194 Å². The molecule has 34 heavy (non-hydrogen) atoms. The third kappa shape index (κ3) is 5.25. The number of hydrogen-bond donors (Lipinski definition) is 4. The monoisotopic (exact) mass is 456 g/mol. The van der Waals surface area contributed by atoms with Crippen LogP contribution in [0.3, 0.4) is 0 Å². The van der Waals surface area contributed by atoms with Gasteiger partial charge < -0.3 is 20.8 Å². The fourth-order valence-corrected chi connectivity index (χ4v) is 3.20. The predicted octanol–water partition coefficient (Wildman–Crippen LogP) is 4.87. The third-order valence-corrected chi connectivity index (χ3v) is 4.89. The van der Waals surface area contributed by atoms with Crippen LogP contribution >= 0.6 is 0 Å². The smallest absolute Gasteiger partial charge is 0.336 e. The Morgan fingerprint density at radius 2 is 1.03 bits per heavy atom. The Hall–Kier alpha value is -4.98. The minimum absolute atomic E-state index is 0.0408. The van der Waals surface area contributed by atoms with Crippen LogP contribution in [-0.4, -0.2) is 34.0 Å². The van der Waals surface area contributed by atoms with Crippen molar-refractivity contribution >= 4 is 47.3 Å². The van der Waals surface area contributed by atoms with Crippen molar-refractivity contribution in [1.82, 2.24) is 0 Å². The second-order valence-electron chi connectivity index (χ2n) is 7.12. The molecule has 0 atom stereocenters. The summed E-state index contributed by atoms with van der Waals surface area (Å²) in [5.41, 5.74) is 1.27. The van der Waals surface area contributed by atoms with E-state index in [1.54, 1.807) is 30.3 Å². The highest BCUT2D eigenvalue weighted by Crippen LogP contribution is 2.21. The van der Waals surface area contributed by atoms with Crippen molar-refractivity contribution in [2.45, 2.75) is 0 Å². The zero-order valence-corrected chi connectivity index (χ0v) is 17.9. The molecule has 0 aliphatic rings. The van der Waals surface area contributed by atoms with Crippen molar-refractivity contribution in [3.05, 3.63) is 107 Å². The molecule has 0 aromatic heterocycles. The Balaban J connectivity index is 1.83. The molecule has 0 saturated heterocycles. The van der Waals surface area contributed by atoms with Gasteiger partial charge in [0.2, 0.25) is 0 Å². The number of benzene rings is 3. The van der Waals surface area contributed by atoms with Crippen LogP contribution in [0.1, 0.15) is 52.6 Å². The molecule has 0 saturated carbocycles. The van der Waals surface area contributed by atoms with Gasteiger partial charge in [0.25, 0.3) is 11.8 Å². The first-order chi connectivity index (χ1) is 16.2. The van der Waals surface area contributed by atoms with Gasteiger partial charge >= 0.3 is 11.9 Å². The van der Waals surface area contributed by atoms with Crippen LogP contribution < -0.4 is 10.6 Å². The van der Waals surface area contributed by atoms with Crippen LogP contribution in [0.5, 0.6) is 0 Å². The average Bonchev–Trinajstić information content (AvgIpc) is 2.83. The number of rotatable bonds is 8. The van der Waals surface area contributed by atoms with Gasteiger partial charge in [-0.1, -0.05) is 43.5 Å². The minimum atomic E-state index is -1.26. The van der Waals surface area contributed by atoms with E-state index in [0.29, 0.717) is 22.5 Å². The highest BCUT2D eigenvalue weighted by Gasteiger charge is 2.19. The summed E-state index contributed by atoms with van der Waals surface area (Å²) in [5.74, 6) is -3.81. The van der Waals surface area contributed by atoms with Crippen LogP contribution in [0.25, 0.3) is 12.2 Å². The first-order valence-electron chi connectivity index (χ1n) is 9.95. The van der Waals surface area contributed by atoms with E-state index in [4.69, 9.17) is 0 Å². The Morgan fingerprint density at radius 1 is 0.618 bits per heavy atom. The van der Waals surface area contributed by atoms with Crippen molar-refractivity contribution in [3.8, 4) is 0 Å². The maximum Gasteiger partial charge on any atom is 0.336 e. The van der Waals surface area contributed by atoms with Gasteiger partial charge in [0.1, 0.15) is 0 Å². The van der Waals surface area contributed by atoms with Gasteiger partial charge in [-0.3, -0.25) is 9.59 Å². The van der Waals surface area contributed by atoms with E-state index in [1.807, 2.05) is 0 Å². The van der Waals surface area contributed by atoms with Crippen molar-refractivity contribution in [3.63, 3.8) is 0 Å². The first kappa shape index (κ1) is 23.7. The molecule has 0 heterocycles. The third-order valence-electron chi connectivity index (χ3n) is 4.89. The number of carboxylic acid groups (broad SMARTS) is 2. The molecule has 2 amide bonds. The molecule has 0 radical (unpaired) electrons. The predicted molar refractivity (Wildman–Crippen MR) is 129 cm³/mol. The molecule has 8 nitrogen and oxygen atoms in total. The Morgan fingerprint density at radius 3 is 1.38 bits per heavy atom. The van der Waals surface area contributed by atoms with E-state index in [1.165, 1.54) is 42.5 Å².